The number of likely N-dealkylation sites (tertiary alicyclic amines) is 1. The zero-order valence-electron chi connectivity index (χ0n) is 16.8. The van der Waals surface area contributed by atoms with E-state index in [0.717, 1.165) is 24.4 Å². The summed E-state index contributed by atoms with van der Waals surface area (Å²) in [5.41, 5.74) is 6.19. The molecule has 1 unspecified atom stereocenters. The molecule has 1 aliphatic rings. The predicted molar refractivity (Wildman–Crippen MR) is 113 cm³/mol. The fraction of sp³-hybridized carbons (Fsp3) is 0.417. The molecule has 1 fully saturated rings. The molecule has 1 saturated heterocycles. The second-order valence-corrected chi connectivity index (χ2v) is 7.20. The Balaban J connectivity index is 2.17. The van der Waals surface area contributed by atoms with Gasteiger partial charge in [0.15, 0.2) is 6.79 Å². The summed E-state index contributed by atoms with van der Waals surface area (Å²) in [7, 11) is 1.65. The molecule has 144 valence electrons. The summed E-state index contributed by atoms with van der Waals surface area (Å²) in [4.78, 5) is 2.60. The smallest absolute Gasteiger partial charge is 0.188 e. The van der Waals surface area contributed by atoms with Crippen molar-refractivity contribution < 1.29 is 9.47 Å². The van der Waals surface area contributed by atoms with Gasteiger partial charge in [0.25, 0.3) is 0 Å². The van der Waals surface area contributed by atoms with Gasteiger partial charge in [-0.3, -0.25) is 4.90 Å². The second kappa shape index (κ2) is 9.20. The van der Waals surface area contributed by atoms with Crippen molar-refractivity contribution in [2.75, 3.05) is 27.0 Å². The van der Waals surface area contributed by atoms with Crippen LogP contribution < -0.4 is 4.74 Å². The SMILES string of the molecule is C=Cc1cccc(-c2cc(C)ccc2OCOC)c1C1CCCCN1CC. The van der Waals surface area contributed by atoms with E-state index in [1.807, 2.05) is 12.1 Å². The molecule has 0 amide bonds. The molecule has 2 aromatic rings. The van der Waals surface area contributed by atoms with Crippen LogP contribution in [0.15, 0.2) is 43.0 Å². The molecule has 3 nitrogen and oxygen atoms in total. The fourth-order valence-electron chi connectivity index (χ4n) is 4.17. The Morgan fingerprint density at radius 3 is 2.78 bits per heavy atom. The molecular weight excluding hydrogens is 334 g/mol. The van der Waals surface area contributed by atoms with E-state index < -0.39 is 0 Å². The number of aryl methyl sites for hydroxylation is 1. The maximum atomic E-state index is 5.90. The second-order valence-electron chi connectivity index (χ2n) is 7.20. The van der Waals surface area contributed by atoms with E-state index in [4.69, 9.17) is 9.47 Å². The minimum Gasteiger partial charge on any atom is -0.467 e. The summed E-state index contributed by atoms with van der Waals surface area (Å²) in [5.74, 6) is 0.865. The van der Waals surface area contributed by atoms with Crippen LogP contribution in [0.3, 0.4) is 0 Å². The molecule has 3 heteroatoms. The number of piperidine rings is 1. The summed E-state index contributed by atoms with van der Waals surface area (Å²) < 4.78 is 11.0. The van der Waals surface area contributed by atoms with Gasteiger partial charge >= 0.3 is 0 Å². The van der Waals surface area contributed by atoms with Crippen LogP contribution in [0.25, 0.3) is 17.2 Å². The molecule has 0 N–H and O–H groups in total. The van der Waals surface area contributed by atoms with Crippen molar-refractivity contribution in [1.82, 2.24) is 4.90 Å². The summed E-state index contributed by atoms with van der Waals surface area (Å²) >= 11 is 0. The van der Waals surface area contributed by atoms with Crippen molar-refractivity contribution in [1.29, 1.82) is 0 Å². The lowest BCUT2D eigenvalue weighted by atomic mass is 9.85. The van der Waals surface area contributed by atoms with Crippen LogP contribution in [0.1, 0.15) is 48.9 Å². The van der Waals surface area contributed by atoms with Gasteiger partial charge < -0.3 is 9.47 Å². The highest BCUT2D eigenvalue weighted by Gasteiger charge is 2.27. The Hall–Kier alpha value is -2.10. The zero-order valence-corrected chi connectivity index (χ0v) is 16.8. The van der Waals surface area contributed by atoms with Crippen LogP contribution >= 0.6 is 0 Å². The highest BCUT2D eigenvalue weighted by molar-refractivity contribution is 5.78. The largest absolute Gasteiger partial charge is 0.467 e. The molecule has 0 aromatic heterocycles. The van der Waals surface area contributed by atoms with Gasteiger partial charge in [-0.15, -0.1) is 0 Å². The highest BCUT2D eigenvalue weighted by atomic mass is 16.7. The number of methoxy groups -OCH3 is 1. The predicted octanol–water partition coefficient (Wildman–Crippen LogP) is 5.83. The summed E-state index contributed by atoms with van der Waals surface area (Å²) in [6.45, 7) is 10.9. The van der Waals surface area contributed by atoms with E-state index in [1.165, 1.54) is 41.5 Å². The van der Waals surface area contributed by atoms with Gasteiger partial charge in [0.2, 0.25) is 0 Å². The van der Waals surface area contributed by atoms with Gasteiger partial charge in [-0.05, 0) is 61.7 Å². The summed E-state index contributed by atoms with van der Waals surface area (Å²) in [6.07, 6.45) is 5.73. The lowest BCUT2D eigenvalue weighted by Crippen LogP contribution is -2.33. The van der Waals surface area contributed by atoms with E-state index >= 15 is 0 Å². The van der Waals surface area contributed by atoms with E-state index in [0.29, 0.717) is 6.04 Å². The maximum Gasteiger partial charge on any atom is 0.188 e. The van der Waals surface area contributed by atoms with Crippen molar-refractivity contribution >= 4 is 6.08 Å². The summed E-state index contributed by atoms with van der Waals surface area (Å²) in [5, 5.41) is 0. The average Bonchev–Trinajstić information content (AvgIpc) is 2.72. The van der Waals surface area contributed by atoms with Crippen LogP contribution in [-0.2, 0) is 4.74 Å². The maximum absolute atomic E-state index is 5.90. The first-order valence-corrected chi connectivity index (χ1v) is 9.91. The molecule has 27 heavy (non-hydrogen) atoms. The third-order valence-corrected chi connectivity index (χ3v) is 5.47. The number of ether oxygens (including phenoxy) is 2. The van der Waals surface area contributed by atoms with Crippen molar-refractivity contribution in [2.45, 2.75) is 39.2 Å². The Bertz CT molecular complexity index is 784. The molecule has 1 atom stereocenters. The number of rotatable bonds is 7. The number of hydrogen-bond acceptors (Lipinski definition) is 3. The van der Waals surface area contributed by atoms with Gasteiger partial charge in [-0.25, -0.2) is 0 Å². The van der Waals surface area contributed by atoms with Crippen molar-refractivity contribution in [3.05, 3.63) is 59.7 Å². The Labute approximate surface area is 163 Å². The Kier molecular flexibility index (Phi) is 6.70. The van der Waals surface area contributed by atoms with Gasteiger partial charge in [-0.2, -0.15) is 0 Å². The first-order valence-electron chi connectivity index (χ1n) is 9.91. The van der Waals surface area contributed by atoms with Gasteiger partial charge in [0.05, 0.1) is 0 Å². The molecule has 1 aliphatic heterocycles. The first-order chi connectivity index (χ1) is 13.2. The van der Waals surface area contributed by atoms with Gasteiger partial charge in [0, 0.05) is 18.7 Å². The van der Waals surface area contributed by atoms with Gasteiger partial charge in [0.1, 0.15) is 5.75 Å². The van der Waals surface area contributed by atoms with Crippen molar-refractivity contribution in [3.8, 4) is 16.9 Å². The zero-order chi connectivity index (χ0) is 19.2. The molecule has 0 bridgehead atoms. The third-order valence-electron chi connectivity index (χ3n) is 5.47. The molecular formula is C24H31NO2. The van der Waals surface area contributed by atoms with Crippen molar-refractivity contribution in [2.24, 2.45) is 0 Å². The topological polar surface area (TPSA) is 21.7 Å². The molecule has 0 spiro atoms. The van der Waals surface area contributed by atoms with Crippen LogP contribution in [0.2, 0.25) is 0 Å². The fourth-order valence-corrected chi connectivity index (χ4v) is 4.17. The Morgan fingerprint density at radius 2 is 2.04 bits per heavy atom. The van der Waals surface area contributed by atoms with Crippen molar-refractivity contribution in [3.63, 3.8) is 0 Å². The molecule has 0 radical (unpaired) electrons. The molecule has 2 aromatic carbocycles. The minimum atomic E-state index is 0.247. The van der Waals surface area contributed by atoms with Crippen LogP contribution in [-0.4, -0.2) is 31.9 Å². The van der Waals surface area contributed by atoms with E-state index in [-0.39, 0.29) is 6.79 Å². The number of hydrogen-bond donors (Lipinski definition) is 0. The first kappa shape index (κ1) is 19.7. The molecule has 3 rings (SSSR count). The minimum absolute atomic E-state index is 0.247. The standard InChI is InChI=1S/C24H31NO2/c1-5-19-10-9-11-20(24(19)22-12-7-8-15-25(22)6-2)21-16-18(3)13-14-23(21)27-17-26-4/h5,9-11,13-14,16,22H,1,6-8,12,15,17H2,2-4H3. The molecule has 0 aliphatic carbocycles. The average molecular weight is 366 g/mol. The number of benzene rings is 2. The summed E-state index contributed by atoms with van der Waals surface area (Å²) in [6, 6.07) is 13.3. The lowest BCUT2D eigenvalue weighted by molar-refractivity contribution is 0.0515. The number of nitrogens with zero attached hydrogens (tertiary/aromatic N) is 1. The molecule has 1 heterocycles. The van der Waals surface area contributed by atoms with E-state index in [1.54, 1.807) is 7.11 Å². The van der Waals surface area contributed by atoms with Crippen LogP contribution in [0.5, 0.6) is 5.75 Å². The quantitative estimate of drug-likeness (QED) is 0.576. The monoisotopic (exact) mass is 365 g/mol. The molecule has 0 saturated carbocycles. The van der Waals surface area contributed by atoms with Crippen LogP contribution in [0.4, 0.5) is 0 Å². The lowest BCUT2D eigenvalue weighted by Gasteiger charge is -2.37. The van der Waals surface area contributed by atoms with E-state index in [2.05, 4.69) is 55.7 Å². The van der Waals surface area contributed by atoms with Crippen LogP contribution in [0, 0.1) is 6.92 Å². The third kappa shape index (κ3) is 4.26. The van der Waals surface area contributed by atoms with E-state index in [9.17, 15) is 0 Å². The Morgan fingerprint density at radius 1 is 1.19 bits per heavy atom. The normalized spacial score (nSPS) is 17.7. The van der Waals surface area contributed by atoms with Gasteiger partial charge in [-0.1, -0.05) is 55.8 Å². The highest BCUT2D eigenvalue weighted by Crippen LogP contribution is 2.42.